The number of hydrogen-bond donors (Lipinski definition) is 1. The summed E-state index contributed by atoms with van der Waals surface area (Å²) in [5.41, 5.74) is 0.416. The van der Waals surface area contributed by atoms with Crippen molar-refractivity contribution < 1.29 is 27.8 Å². The number of aliphatic carboxylic acids is 1. The predicted molar refractivity (Wildman–Crippen MR) is 54.4 cm³/mol. The lowest BCUT2D eigenvalue weighted by Gasteiger charge is -2.09. The van der Waals surface area contributed by atoms with Gasteiger partial charge in [-0.3, -0.25) is 0 Å². The van der Waals surface area contributed by atoms with E-state index in [1.54, 1.807) is 0 Å². The molecular weight excluding hydrogens is 237 g/mol. The summed E-state index contributed by atoms with van der Waals surface area (Å²) in [6, 6.07) is 2.27. The summed E-state index contributed by atoms with van der Waals surface area (Å²) < 4.78 is 41.3. The molecule has 0 spiro atoms. The zero-order chi connectivity index (χ0) is 13.0. The molecule has 0 radical (unpaired) electrons. The third-order valence-electron chi connectivity index (χ3n) is 1.88. The Balaban J connectivity index is 3.05. The van der Waals surface area contributed by atoms with Crippen molar-refractivity contribution in [1.29, 1.82) is 0 Å². The molecule has 1 aromatic rings. The van der Waals surface area contributed by atoms with Gasteiger partial charge in [-0.1, -0.05) is 0 Å². The van der Waals surface area contributed by atoms with Gasteiger partial charge in [0, 0.05) is 6.08 Å². The van der Waals surface area contributed by atoms with Gasteiger partial charge in [-0.15, -0.1) is 0 Å². The lowest BCUT2D eigenvalue weighted by Crippen LogP contribution is -2.05. The third-order valence-corrected chi connectivity index (χ3v) is 1.88. The van der Waals surface area contributed by atoms with Crippen LogP contribution in [0.2, 0.25) is 0 Å². The van der Waals surface area contributed by atoms with Crippen molar-refractivity contribution in [2.45, 2.75) is 13.5 Å². The van der Waals surface area contributed by atoms with Gasteiger partial charge in [0.1, 0.15) is 0 Å². The molecule has 0 amide bonds. The summed E-state index contributed by atoms with van der Waals surface area (Å²) >= 11 is 0. The number of aryl methyl sites for hydroxylation is 1. The molecule has 1 rings (SSSR count). The van der Waals surface area contributed by atoms with Gasteiger partial charge in [0.15, 0.2) is 11.6 Å². The summed E-state index contributed by atoms with van der Waals surface area (Å²) in [7, 11) is 0. The number of hydrogen-bond acceptors (Lipinski definition) is 2. The van der Waals surface area contributed by atoms with Crippen molar-refractivity contribution in [2.24, 2.45) is 0 Å². The SMILES string of the molecule is Cc1cc(/C=C/C(=O)O)cc(F)c1OC(F)F. The Bertz CT molecular complexity index is 432. The standard InChI is InChI=1S/C11H9F3O3/c1-6-4-7(2-3-9(15)16)5-8(12)10(6)17-11(13)14/h2-5,11H,1H3,(H,15,16)/b3-2+. The number of benzene rings is 1. The molecule has 0 unspecified atom stereocenters. The van der Waals surface area contributed by atoms with E-state index in [-0.39, 0.29) is 11.1 Å². The number of carboxylic acids is 1. The summed E-state index contributed by atoms with van der Waals surface area (Å²) in [6.07, 6.45) is 1.98. The second-order valence-electron chi connectivity index (χ2n) is 3.20. The number of carbonyl (C=O) groups is 1. The van der Waals surface area contributed by atoms with Crippen molar-refractivity contribution in [3.8, 4) is 5.75 Å². The first-order valence-corrected chi connectivity index (χ1v) is 4.56. The molecule has 0 aliphatic heterocycles. The molecule has 0 bridgehead atoms. The van der Waals surface area contributed by atoms with Crippen LogP contribution in [0.3, 0.4) is 0 Å². The Morgan fingerprint density at radius 3 is 2.59 bits per heavy atom. The molecular formula is C11H9F3O3. The van der Waals surface area contributed by atoms with Gasteiger partial charge in [-0.2, -0.15) is 8.78 Å². The van der Waals surface area contributed by atoms with Crippen molar-refractivity contribution in [2.75, 3.05) is 0 Å². The molecule has 0 aliphatic rings. The van der Waals surface area contributed by atoms with Crippen LogP contribution in [0.4, 0.5) is 13.2 Å². The number of ether oxygens (including phenoxy) is 1. The highest BCUT2D eigenvalue weighted by Gasteiger charge is 2.13. The number of halogens is 3. The van der Waals surface area contributed by atoms with E-state index < -0.39 is 24.1 Å². The summed E-state index contributed by atoms with van der Waals surface area (Å²) in [5.74, 6) is -2.68. The number of carboxylic acid groups (broad SMARTS) is 1. The van der Waals surface area contributed by atoms with Gasteiger partial charge in [0.05, 0.1) is 0 Å². The Morgan fingerprint density at radius 1 is 1.47 bits per heavy atom. The van der Waals surface area contributed by atoms with Gasteiger partial charge in [0.2, 0.25) is 0 Å². The second-order valence-corrected chi connectivity index (χ2v) is 3.20. The van der Waals surface area contributed by atoms with E-state index in [1.807, 2.05) is 0 Å². The quantitative estimate of drug-likeness (QED) is 0.831. The molecule has 0 saturated heterocycles. The fraction of sp³-hybridized carbons (Fsp3) is 0.182. The topological polar surface area (TPSA) is 46.5 Å². The summed E-state index contributed by atoms with van der Waals surface area (Å²) in [5, 5.41) is 8.38. The molecule has 92 valence electrons. The van der Waals surface area contributed by atoms with E-state index in [4.69, 9.17) is 5.11 Å². The minimum absolute atomic E-state index is 0.162. The van der Waals surface area contributed by atoms with Gasteiger partial charge in [-0.05, 0) is 36.3 Å². The zero-order valence-electron chi connectivity index (χ0n) is 8.78. The summed E-state index contributed by atoms with van der Waals surface area (Å²) in [4.78, 5) is 10.3. The minimum atomic E-state index is -3.11. The Hall–Kier alpha value is -1.98. The van der Waals surface area contributed by atoms with Gasteiger partial charge < -0.3 is 9.84 Å². The van der Waals surface area contributed by atoms with Crippen LogP contribution in [0.15, 0.2) is 18.2 Å². The molecule has 0 saturated carbocycles. The molecule has 3 nitrogen and oxygen atoms in total. The molecule has 1 N–H and O–H groups in total. The fourth-order valence-corrected chi connectivity index (χ4v) is 1.26. The molecule has 0 heterocycles. The zero-order valence-corrected chi connectivity index (χ0v) is 8.78. The molecule has 0 atom stereocenters. The van der Waals surface area contributed by atoms with Crippen molar-refractivity contribution >= 4 is 12.0 Å². The number of alkyl halides is 2. The Morgan fingerprint density at radius 2 is 2.12 bits per heavy atom. The first-order chi connectivity index (χ1) is 7.90. The van der Waals surface area contributed by atoms with E-state index in [0.717, 1.165) is 18.2 Å². The van der Waals surface area contributed by atoms with Gasteiger partial charge in [-0.25, -0.2) is 9.18 Å². The van der Waals surface area contributed by atoms with Crippen LogP contribution in [-0.2, 0) is 4.79 Å². The smallest absolute Gasteiger partial charge is 0.387 e. The molecule has 0 aliphatic carbocycles. The van der Waals surface area contributed by atoms with Crippen molar-refractivity contribution in [1.82, 2.24) is 0 Å². The average molecular weight is 246 g/mol. The maximum absolute atomic E-state index is 13.4. The lowest BCUT2D eigenvalue weighted by atomic mass is 10.1. The van der Waals surface area contributed by atoms with E-state index in [0.29, 0.717) is 0 Å². The van der Waals surface area contributed by atoms with Crippen molar-refractivity contribution in [3.63, 3.8) is 0 Å². The molecule has 17 heavy (non-hydrogen) atoms. The highest BCUT2D eigenvalue weighted by molar-refractivity contribution is 5.85. The maximum Gasteiger partial charge on any atom is 0.387 e. The largest absolute Gasteiger partial charge is 0.478 e. The van der Waals surface area contributed by atoms with E-state index in [1.165, 1.54) is 13.0 Å². The third kappa shape index (κ3) is 3.82. The minimum Gasteiger partial charge on any atom is -0.478 e. The highest BCUT2D eigenvalue weighted by atomic mass is 19.3. The van der Waals surface area contributed by atoms with Crippen LogP contribution in [0.1, 0.15) is 11.1 Å². The maximum atomic E-state index is 13.4. The monoisotopic (exact) mass is 246 g/mol. The average Bonchev–Trinajstić information content (AvgIpc) is 2.20. The van der Waals surface area contributed by atoms with Crippen molar-refractivity contribution in [3.05, 3.63) is 35.2 Å². The normalized spacial score (nSPS) is 11.1. The first kappa shape index (κ1) is 13.1. The van der Waals surface area contributed by atoms with Crippen LogP contribution in [0, 0.1) is 12.7 Å². The Kier molecular flexibility index (Phi) is 4.14. The van der Waals surface area contributed by atoms with Crippen LogP contribution in [-0.4, -0.2) is 17.7 Å². The predicted octanol–water partition coefficient (Wildman–Crippen LogP) is 2.83. The first-order valence-electron chi connectivity index (χ1n) is 4.56. The Labute approximate surface area is 95.1 Å². The fourth-order valence-electron chi connectivity index (χ4n) is 1.26. The van der Waals surface area contributed by atoms with E-state index >= 15 is 0 Å². The molecule has 6 heteroatoms. The van der Waals surface area contributed by atoms with Crippen LogP contribution in [0.25, 0.3) is 6.08 Å². The van der Waals surface area contributed by atoms with E-state index in [9.17, 15) is 18.0 Å². The molecule has 0 aromatic heterocycles. The molecule has 1 aromatic carbocycles. The molecule has 0 fully saturated rings. The second kappa shape index (κ2) is 5.38. The summed E-state index contributed by atoms with van der Waals surface area (Å²) in [6.45, 7) is -1.72. The van der Waals surface area contributed by atoms with Crippen LogP contribution >= 0.6 is 0 Å². The van der Waals surface area contributed by atoms with Crippen LogP contribution < -0.4 is 4.74 Å². The van der Waals surface area contributed by atoms with E-state index in [2.05, 4.69) is 4.74 Å². The lowest BCUT2D eigenvalue weighted by molar-refractivity contribution is -0.131. The van der Waals surface area contributed by atoms with Gasteiger partial charge in [0.25, 0.3) is 0 Å². The highest BCUT2D eigenvalue weighted by Crippen LogP contribution is 2.26. The number of rotatable bonds is 4. The van der Waals surface area contributed by atoms with Gasteiger partial charge >= 0.3 is 12.6 Å². The van der Waals surface area contributed by atoms with Crippen LogP contribution in [0.5, 0.6) is 5.75 Å².